The van der Waals surface area contributed by atoms with Crippen molar-refractivity contribution in [2.24, 2.45) is 11.8 Å². The molecule has 2 heteroatoms. The predicted molar refractivity (Wildman–Crippen MR) is 64.3 cm³/mol. The van der Waals surface area contributed by atoms with Crippen molar-refractivity contribution in [2.75, 3.05) is 12.3 Å². The summed E-state index contributed by atoms with van der Waals surface area (Å²) in [5, 5.41) is 0. The van der Waals surface area contributed by atoms with Crippen LogP contribution >= 0.6 is 6.70 Å². The van der Waals surface area contributed by atoms with E-state index in [4.69, 9.17) is 11.8 Å². The lowest BCUT2D eigenvalue weighted by atomic mass is 10.2. The monoisotopic (exact) mass is 206 g/mol. The summed E-state index contributed by atoms with van der Waals surface area (Å²) in [6.45, 7) is 8.74. The number of hydrogen-bond acceptors (Lipinski definition) is 1. The second-order valence-corrected chi connectivity index (χ2v) is 8.21. The lowest BCUT2D eigenvalue weighted by Gasteiger charge is -2.08. The van der Waals surface area contributed by atoms with Crippen molar-refractivity contribution >= 4 is 18.5 Å². The van der Waals surface area contributed by atoms with Crippen molar-refractivity contribution in [1.29, 1.82) is 0 Å². The molecule has 0 rings (SSSR count). The molecule has 0 aromatic rings. The molecule has 0 atom stereocenters. The molecule has 74 valence electrons. The normalized spacial score (nSPS) is 11.9. The molecule has 0 aromatic heterocycles. The first-order chi connectivity index (χ1) is 5.52. The minimum absolute atomic E-state index is 0.397. The zero-order chi connectivity index (χ0) is 9.56. The van der Waals surface area contributed by atoms with Gasteiger partial charge in [-0.1, -0.05) is 34.4 Å². The van der Waals surface area contributed by atoms with Crippen LogP contribution in [0.25, 0.3) is 0 Å². The first kappa shape index (κ1) is 12.7. The summed E-state index contributed by atoms with van der Waals surface area (Å²) in [5.74, 6) is 1.68. The van der Waals surface area contributed by atoms with Crippen LogP contribution in [0.2, 0.25) is 0 Å². The van der Waals surface area contributed by atoms with Crippen LogP contribution in [0, 0.1) is 11.8 Å². The van der Waals surface area contributed by atoms with Gasteiger partial charge in [-0.2, -0.15) is 0 Å². The Morgan fingerprint density at radius 1 is 0.917 bits per heavy atom. The lowest BCUT2D eigenvalue weighted by Crippen LogP contribution is -1.94. The van der Waals surface area contributed by atoms with E-state index in [1.165, 1.54) is 25.2 Å². The fraction of sp³-hybridized carbons (Fsp3) is 1.00. The lowest BCUT2D eigenvalue weighted by molar-refractivity contribution is 0.621. The molecule has 0 radical (unpaired) electrons. The fourth-order valence-electron chi connectivity index (χ4n) is 1.02. The summed E-state index contributed by atoms with van der Waals surface area (Å²) in [5.41, 5.74) is 0. The smallest absolute Gasteiger partial charge is 0.0258 e. The summed E-state index contributed by atoms with van der Waals surface area (Å²) in [4.78, 5) is 0. The first-order valence-electron chi connectivity index (χ1n) is 5.04. The average Bonchev–Trinajstić information content (AvgIpc) is 1.96. The van der Waals surface area contributed by atoms with Crippen LogP contribution in [-0.4, -0.2) is 12.3 Å². The van der Waals surface area contributed by atoms with Gasteiger partial charge in [0.2, 0.25) is 0 Å². The Bertz CT molecular complexity index is 116. The molecule has 0 saturated heterocycles. The van der Waals surface area contributed by atoms with Gasteiger partial charge in [0.15, 0.2) is 0 Å². The second kappa shape index (κ2) is 7.09. The van der Waals surface area contributed by atoms with Gasteiger partial charge in [0, 0.05) is 0 Å². The molecule has 0 aliphatic heterocycles. The molecule has 0 amide bonds. The van der Waals surface area contributed by atoms with E-state index in [0.29, 0.717) is 0 Å². The summed E-state index contributed by atoms with van der Waals surface area (Å²) in [6, 6.07) is 0. The van der Waals surface area contributed by atoms with E-state index in [0.717, 1.165) is 11.8 Å². The highest BCUT2D eigenvalue weighted by Gasteiger charge is 2.00. The van der Waals surface area contributed by atoms with Gasteiger partial charge in [-0.3, -0.25) is 0 Å². The standard InChI is InChI=1S/C10H23PS/c1-9(2)5-7-11(12)8-6-10(3)4/h9-11H,5-8H2,1-4H3. The molecular formula is C10H23PS. The molecule has 0 spiro atoms. The van der Waals surface area contributed by atoms with E-state index in [1.807, 2.05) is 0 Å². The Labute approximate surface area is 83.6 Å². The molecule has 0 heterocycles. The third-order valence-corrected chi connectivity index (χ3v) is 4.92. The maximum absolute atomic E-state index is 5.48. The van der Waals surface area contributed by atoms with Crippen LogP contribution in [0.15, 0.2) is 0 Å². The highest BCUT2D eigenvalue weighted by atomic mass is 32.4. The van der Waals surface area contributed by atoms with Crippen molar-refractivity contribution < 1.29 is 0 Å². The molecule has 0 unspecified atom stereocenters. The van der Waals surface area contributed by atoms with Crippen LogP contribution in [-0.2, 0) is 11.8 Å². The van der Waals surface area contributed by atoms with Crippen molar-refractivity contribution in [1.82, 2.24) is 0 Å². The Morgan fingerprint density at radius 2 is 1.25 bits per heavy atom. The van der Waals surface area contributed by atoms with Crippen LogP contribution < -0.4 is 0 Å². The van der Waals surface area contributed by atoms with Gasteiger partial charge in [-0.05, 0) is 37.0 Å². The molecule has 0 nitrogen and oxygen atoms in total. The number of rotatable bonds is 6. The predicted octanol–water partition coefficient (Wildman–Crippen LogP) is 3.75. The molecule has 0 saturated carbocycles. The Kier molecular flexibility index (Phi) is 7.48. The average molecular weight is 206 g/mol. The zero-order valence-corrected chi connectivity index (χ0v) is 10.7. The number of hydrogen-bond donors (Lipinski definition) is 0. The molecule has 12 heavy (non-hydrogen) atoms. The highest BCUT2D eigenvalue weighted by molar-refractivity contribution is 8.05. The van der Waals surface area contributed by atoms with E-state index in [1.54, 1.807) is 0 Å². The maximum Gasteiger partial charge on any atom is -0.0258 e. The van der Waals surface area contributed by atoms with Gasteiger partial charge >= 0.3 is 0 Å². The van der Waals surface area contributed by atoms with Gasteiger partial charge in [-0.15, -0.1) is 11.8 Å². The van der Waals surface area contributed by atoms with Crippen LogP contribution in [0.1, 0.15) is 40.5 Å². The Hall–Kier alpha value is 0.650. The highest BCUT2D eigenvalue weighted by Crippen LogP contribution is 2.26. The second-order valence-electron chi connectivity index (χ2n) is 4.40. The van der Waals surface area contributed by atoms with E-state index in [9.17, 15) is 0 Å². The largest absolute Gasteiger partial charge is 0.101 e. The summed E-state index contributed by atoms with van der Waals surface area (Å²) < 4.78 is 0. The zero-order valence-electron chi connectivity index (χ0n) is 8.89. The van der Waals surface area contributed by atoms with Crippen molar-refractivity contribution in [3.63, 3.8) is 0 Å². The molecule has 0 bridgehead atoms. The molecule has 0 fully saturated rings. The van der Waals surface area contributed by atoms with Crippen molar-refractivity contribution in [2.45, 2.75) is 40.5 Å². The fourth-order valence-corrected chi connectivity index (χ4v) is 3.78. The van der Waals surface area contributed by atoms with Gasteiger partial charge in [0.05, 0.1) is 0 Å². The summed E-state index contributed by atoms with van der Waals surface area (Å²) >= 11 is 5.48. The SMILES string of the molecule is CC(C)CC[PH](=S)CCC(C)C. The Morgan fingerprint density at radius 3 is 1.50 bits per heavy atom. The van der Waals surface area contributed by atoms with E-state index in [2.05, 4.69) is 27.7 Å². The van der Waals surface area contributed by atoms with E-state index < -0.39 is 6.70 Å². The molecule has 0 aliphatic carbocycles. The summed E-state index contributed by atoms with van der Waals surface area (Å²) in [6.07, 6.45) is 5.36. The van der Waals surface area contributed by atoms with Gasteiger partial charge < -0.3 is 0 Å². The topological polar surface area (TPSA) is 0 Å². The molecule has 0 N–H and O–H groups in total. The molecular weight excluding hydrogens is 183 g/mol. The van der Waals surface area contributed by atoms with Gasteiger partial charge in [0.25, 0.3) is 0 Å². The van der Waals surface area contributed by atoms with Crippen molar-refractivity contribution in [3.8, 4) is 0 Å². The van der Waals surface area contributed by atoms with Crippen LogP contribution in [0.3, 0.4) is 0 Å². The van der Waals surface area contributed by atoms with E-state index >= 15 is 0 Å². The van der Waals surface area contributed by atoms with Crippen molar-refractivity contribution in [3.05, 3.63) is 0 Å². The minimum atomic E-state index is -0.397. The van der Waals surface area contributed by atoms with E-state index in [-0.39, 0.29) is 0 Å². The third kappa shape index (κ3) is 8.74. The molecule has 0 aromatic carbocycles. The first-order valence-corrected chi connectivity index (χ1v) is 8.08. The van der Waals surface area contributed by atoms with Gasteiger partial charge in [0.1, 0.15) is 0 Å². The van der Waals surface area contributed by atoms with Crippen LogP contribution in [0.5, 0.6) is 0 Å². The molecule has 0 aliphatic rings. The van der Waals surface area contributed by atoms with Crippen LogP contribution in [0.4, 0.5) is 0 Å². The Balaban J connectivity index is 3.34. The van der Waals surface area contributed by atoms with Gasteiger partial charge in [-0.25, -0.2) is 0 Å². The summed E-state index contributed by atoms with van der Waals surface area (Å²) in [7, 11) is 0. The third-order valence-electron chi connectivity index (χ3n) is 2.00. The quantitative estimate of drug-likeness (QED) is 0.596. The minimum Gasteiger partial charge on any atom is -0.101 e. The maximum atomic E-state index is 5.48.